The summed E-state index contributed by atoms with van der Waals surface area (Å²) in [6.07, 6.45) is 1.49. The molecule has 0 atom stereocenters. The number of pyridine rings is 1. The average molecular weight is 238 g/mol. The Labute approximate surface area is 83.9 Å². The summed E-state index contributed by atoms with van der Waals surface area (Å²) in [5.74, 6) is 0. The van der Waals surface area contributed by atoms with Crippen molar-refractivity contribution in [2.24, 2.45) is 0 Å². The van der Waals surface area contributed by atoms with Crippen molar-refractivity contribution >= 4 is 21.3 Å². The Morgan fingerprint density at radius 2 is 2.27 bits per heavy atom. The summed E-state index contributed by atoms with van der Waals surface area (Å²) in [5, 5.41) is 8.52. The van der Waals surface area contributed by atoms with Crippen molar-refractivity contribution in [3.63, 3.8) is 0 Å². The monoisotopic (exact) mass is 236 g/mol. The second-order valence-electron chi connectivity index (χ2n) is 1.37. The van der Waals surface area contributed by atoms with Gasteiger partial charge in [0.15, 0.2) is 0 Å². The predicted molar refractivity (Wildman–Crippen MR) is 38.7 cm³/mol. The predicted octanol–water partition coefficient (Wildman–Crippen LogP) is 2.09. The molecule has 0 aliphatic heterocycles. The number of rotatable bonds is 0. The molecule has 0 bridgehead atoms. The zero-order valence-electron chi connectivity index (χ0n) is 5.51. The van der Waals surface area contributed by atoms with Crippen LogP contribution in [0.2, 0.25) is 5.15 Å². The molecule has 5 heteroatoms. The molecule has 2 nitrogen and oxygen atoms in total. The quantitative estimate of drug-likeness (QED) is 0.394. The van der Waals surface area contributed by atoms with Crippen LogP contribution in [-0.2, 0) is 17.3 Å². The van der Waals surface area contributed by atoms with Crippen molar-refractivity contribution in [2.45, 2.75) is 0 Å². The van der Waals surface area contributed by atoms with E-state index in [2.05, 4.69) is 11.1 Å². The van der Waals surface area contributed by atoms with Crippen LogP contribution in [0.25, 0.3) is 0 Å². The molecule has 0 saturated heterocycles. The van der Waals surface area contributed by atoms with Gasteiger partial charge < -0.3 is 4.98 Å². The Hall–Kier alpha value is -0.157. The fourth-order valence-electron chi connectivity index (χ4n) is 0.426. The van der Waals surface area contributed by atoms with E-state index in [1.54, 1.807) is 6.07 Å². The molecule has 11 heavy (non-hydrogen) atoms. The first-order valence-electron chi connectivity index (χ1n) is 2.53. The Balaban J connectivity index is 0.000000461. The van der Waals surface area contributed by atoms with Crippen LogP contribution in [0, 0.1) is 17.4 Å². The SMILES string of the molecule is N#Cc1[c-]ccnc1Cl.[Cl][Zn+]. The summed E-state index contributed by atoms with van der Waals surface area (Å²) < 4.78 is 0. The van der Waals surface area contributed by atoms with E-state index in [0.717, 1.165) is 17.3 Å². The van der Waals surface area contributed by atoms with Gasteiger partial charge in [-0.15, -0.1) is 23.7 Å². The molecule has 0 amide bonds. The van der Waals surface area contributed by atoms with E-state index in [1.807, 2.05) is 6.07 Å². The molecule has 0 unspecified atom stereocenters. The fraction of sp³-hybridized carbons (Fsp3) is 0. The van der Waals surface area contributed by atoms with Crippen molar-refractivity contribution < 1.29 is 17.3 Å². The van der Waals surface area contributed by atoms with Crippen LogP contribution in [-0.4, -0.2) is 4.98 Å². The van der Waals surface area contributed by atoms with Crippen LogP contribution in [0.1, 0.15) is 5.56 Å². The molecule has 0 fully saturated rings. The Bertz CT molecular complexity index is 259. The topological polar surface area (TPSA) is 36.7 Å². The minimum atomic E-state index is 0.208. The number of hydrogen-bond donors (Lipinski definition) is 0. The Kier molecular flexibility index (Phi) is 6.45. The fourth-order valence-corrected chi connectivity index (χ4v) is 0.579. The molecule has 0 spiro atoms. The van der Waals surface area contributed by atoms with Crippen molar-refractivity contribution in [1.82, 2.24) is 4.98 Å². The van der Waals surface area contributed by atoms with Gasteiger partial charge in [-0.3, -0.25) is 5.26 Å². The summed E-state index contributed by atoms with van der Waals surface area (Å²) >= 11 is 6.31. The van der Waals surface area contributed by atoms with Gasteiger partial charge in [0.1, 0.15) is 0 Å². The zero-order chi connectivity index (χ0) is 8.69. The van der Waals surface area contributed by atoms with Crippen molar-refractivity contribution in [1.29, 1.82) is 5.26 Å². The maximum atomic E-state index is 8.31. The molecule has 1 heterocycles. The second kappa shape index (κ2) is 6.55. The molecule has 0 radical (unpaired) electrons. The van der Waals surface area contributed by atoms with Gasteiger partial charge >= 0.3 is 27.0 Å². The Morgan fingerprint density at radius 1 is 1.64 bits per heavy atom. The van der Waals surface area contributed by atoms with E-state index in [4.69, 9.17) is 26.6 Å². The number of aromatic nitrogens is 1. The number of nitriles is 1. The van der Waals surface area contributed by atoms with E-state index >= 15 is 0 Å². The first-order valence-corrected chi connectivity index (χ1v) is 6.81. The summed E-state index contributed by atoms with van der Waals surface area (Å²) in [6, 6.07) is 6.02. The third-order valence-corrected chi connectivity index (χ3v) is 1.09. The van der Waals surface area contributed by atoms with Gasteiger partial charge in [-0.2, -0.15) is 0 Å². The molecule has 1 rings (SSSR count). The number of nitrogens with zero attached hydrogens (tertiary/aromatic N) is 2. The molecular weight excluding hydrogens is 236 g/mol. The average Bonchev–Trinajstić information content (AvgIpc) is 2.09. The van der Waals surface area contributed by atoms with E-state index < -0.39 is 0 Å². The maximum absolute atomic E-state index is 8.31. The minimum absolute atomic E-state index is 0.208. The molecule has 0 aliphatic carbocycles. The molecule has 1 aromatic rings. The van der Waals surface area contributed by atoms with Crippen LogP contribution in [0.15, 0.2) is 12.3 Å². The molecule has 0 N–H and O–H groups in total. The molecular formula is C6H2Cl2N2Zn. The number of hydrogen-bond acceptors (Lipinski definition) is 2. The van der Waals surface area contributed by atoms with Crippen LogP contribution < -0.4 is 0 Å². The van der Waals surface area contributed by atoms with Gasteiger partial charge in [0, 0.05) is 0 Å². The first kappa shape index (κ1) is 10.8. The van der Waals surface area contributed by atoms with Gasteiger partial charge in [0.2, 0.25) is 0 Å². The van der Waals surface area contributed by atoms with Gasteiger partial charge in [-0.25, -0.2) is 0 Å². The van der Waals surface area contributed by atoms with Crippen molar-refractivity contribution in [3.05, 3.63) is 29.0 Å². The van der Waals surface area contributed by atoms with Gasteiger partial charge in [0.25, 0.3) is 0 Å². The standard InChI is InChI=1S/C6H2ClN2.ClH.Zn/c7-6-5(4-8)2-1-3-9-6;;/h1,3H;1H;/q-1;;+2/p-1. The van der Waals surface area contributed by atoms with Crippen molar-refractivity contribution in [3.8, 4) is 6.07 Å². The Morgan fingerprint density at radius 3 is 2.64 bits per heavy atom. The van der Waals surface area contributed by atoms with Gasteiger partial charge in [-0.05, 0) is 11.6 Å². The number of halogens is 2. The van der Waals surface area contributed by atoms with Crippen LogP contribution in [0.5, 0.6) is 0 Å². The summed E-state index contributed by atoms with van der Waals surface area (Å²) in [7, 11) is 4.76. The third kappa shape index (κ3) is 3.67. The van der Waals surface area contributed by atoms with E-state index in [-0.39, 0.29) is 5.15 Å². The summed E-state index contributed by atoms with van der Waals surface area (Å²) in [6.45, 7) is 0. The van der Waals surface area contributed by atoms with E-state index in [9.17, 15) is 0 Å². The van der Waals surface area contributed by atoms with Crippen LogP contribution >= 0.6 is 21.3 Å². The van der Waals surface area contributed by atoms with Gasteiger partial charge in [-0.1, -0.05) is 6.20 Å². The molecule has 1 aromatic heterocycles. The normalized spacial score (nSPS) is 7.55. The second-order valence-corrected chi connectivity index (χ2v) is 1.72. The molecule has 0 aliphatic rings. The van der Waals surface area contributed by atoms with Crippen LogP contribution in [0.4, 0.5) is 0 Å². The zero-order valence-corrected chi connectivity index (χ0v) is 9.99. The third-order valence-electron chi connectivity index (χ3n) is 0.808. The van der Waals surface area contributed by atoms with Gasteiger partial charge in [0.05, 0.1) is 5.15 Å². The van der Waals surface area contributed by atoms with Crippen LogP contribution in [0.3, 0.4) is 0 Å². The summed E-state index contributed by atoms with van der Waals surface area (Å²) in [4.78, 5) is 3.66. The van der Waals surface area contributed by atoms with Crippen molar-refractivity contribution in [2.75, 3.05) is 0 Å². The molecule has 0 saturated carbocycles. The van der Waals surface area contributed by atoms with E-state index in [1.165, 1.54) is 6.20 Å². The van der Waals surface area contributed by atoms with E-state index in [0.29, 0.717) is 5.56 Å². The first-order chi connectivity index (χ1) is 5.34. The molecule has 52 valence electrons. The summed E-state index contributed by atoms with van der Waals surface area (Å²) in [5.41, 5.74) is 0.291. The molecule has 0 aromatic carbocycles.